The zero-order valence-electron chi connectivity index (χ0n) is 16.8. The topological polar surface area (TPSA) is 109 Å². The third kappa shape index (κ3) is 2.03. The van der Waals surface area contributed by atoms with E-state index in [-0.39, 0.29) is 0 Å². The number of hydrogen-bond donors (Lipinski definition) is 2. The van der Waals surface area contributed by atoms with Crippen LogP contribution in [0.3, 0.4) is 0 Å². The molecule has 3 N–H and O–H groups in total. The second-order valence-corrected chi connectivity index (χ2v) is 9.23. The summed E-state index contributed by atoms with van der Waals surface area (Å²) in [4.78, 5) is 17.4. The monoisotopic (exact) mass is 443 g/mol. The normalized spacial score (nSPS) is 33.4. The number of rotatable bonds is 3. The van der Waals surface area contributed by atoms with Crippen LogP contribution in [0.15, 0.2) is 66.9 Å². The van der Waals surface area contributed by atoms with Gasteiger partial charge >= 0.3 is 0 Å². The molecule has 0 saturated heterocycles. The van der Waals surface area contributed by atoms with Crippen molar-refractivity contribution in [1.82, 2.24) is 4.98 Å². The number of nitrogens with two attached hydrogens (primary N) is 1. The van der Waals surface area contributed by atoms with Crippen molar-refractivity contribution in [1.29, 1.82) is 5.26 Å². The molecule has 3 aromatic rings. The van der Waals surface area contributed by atoms with Crippen molar-refractivity contribution in [3.05, 3.63) is 94.3 Å². The highest BCUT2D eigenvalue weighted by atomic mass is 35.5. The molecule has 5 atom stereocenters. The molecule has 0 radical (unpaired) electrons. The maximum Gasteiger partial charge on any atom is 0.224 e. The van der Waals surface area contributed by atoms with Crippen molar-refractivity contribution in [2.24, 2.45) is 17.1 Å². The summed E-state index contributed by atoms with van der Waals surface area (Å²) in [6.45, 7) is 0. The summed E-state index contributed by atoms with van der Waals surface area (Å²) >= 11 is 6.20. The number of nitrogens with zero attached hydrogens (tertiary/aromatic N) is 2. The summed E-state index contributed by atoms with van der Waals surface area (Å²) in [7, 11) is 0. The molecule has 32 heavy (non-hydrogen) atoms. The Balaban J connectivity index is 1.70. The maximum absolute atomic E-state index is 12.9. The van der Waals surface area contributed by atoms with Gasteiger partial charge in [-0.15, -0.1) is 0 Å². The van der Waals surface area contributed by atoms with Crippen molar-refractivity contribution in [3.63, 3.8) is 0 Å². The van der Waals surface area contributed by atoms with Gasteiger partial charge in [0.2, 0.25) is 5.91 Å². The second-order valence-electron chi connectivity index (χ2n) is 8.80. The van der Waals surface area contributed by atoms with E-state index < -0.39 is 34.4 Å². The molecule has 3 aliphatic rings. The van der Waals surface area contributed by atoms with Crippen molar-refractivity contribution in [2.45, 2.75) is 23.5 Å². The molecule has 1 aromatic heterocycles. The van der Waals surface area contributed by atoms with Crippen LogP contribution in [0.4, 0.5) is 0 Å². The summed E-state index contributed by atoms with van der Waals surface area (Å²) in [5, 5.41) is 22.1. The second kappa shape index (κ2) is 6.10. The highest BCUT2D eigenvalue weighted by Crippen LogP contribution is 2.84. The molecule has 6 nitrogen and oxygen atoms in total. The number of aromatic nitrogens is 1. The molecule has 2 fully saturated rings. The molecular formula is C25H18ClN3O3. The van der Waals surface area contributed by atoms with E-state index in [4.69, 9.17) is 22.1 Å². The lowest BCUT2D eigenvalue weighted by Crippen LogP contribution is -2.52. The molecule has 0 bridgehead atoms. The van der Waals surface area contributed by atoms with Crippen LogP contribution < -0.4 is 10.5 Å². The van der Waals surface area contributed by atoms with Crippen LogP contribution in [-0.4, -0.2) is 16.0 Å². The Bertz CT molecular complexity index is 1320. The van der Waals surface area contributed by atoms with Gasteiger partial charge in [-0.3, -0.25) is 9.78 Å². The van der Waals surface area contributed by atoms with Gasteiger partial charge in [-0.2, -0.15) is 5.26 Å². The van der Waals surface area contributed by atoms with E-state index in [1.165, 1.54) is 6.20 Å². The predicted octanol–water partition coefficient (Wildman–Crippen LogP) is 3.37. The molecule has 0 spiro atoms. The van der Waals surface area contributed by atoms with E-state index >= 15 is 0 Å². The largest absolute Gasteiger partial charge is 0.476 e. The third-order valence-corrected chi connectivity index (χ3v) is 7.69. The van der Waals surface area contributed by atoms with Gasteiger partial charge < -0.3 is 15.6 Å². The lowest BCUT2D eigenvalue weighted by Gasteiger charge is -2.43. The van der Waals surface area contributed by atoms with Gasteiger partial charge in [0, 0.05) is 24.1 Å². The summed E-state index contributed by atoms with van der Waals surface area (Å²) in [5.41, 5.74) is 4.38. The Kier molecular flexibility index (Phi) is 3.68. The first-order valence-corrected chi connectivity index (χ1v) is 10.7. The number of halogens is 1. The van der Waals surface area contributed by atoms with Crippen LogP contribution in [0.5, 0.6) is 5.75 Å². The summed E-state index contributed by atoms with van der Waals surface area (Å²) in [5.74, 6) is -1.12. The molecule has 2 saturated carbocycles. The van der Waals surface area contributed by atoms with Crippen LogP contribution in [0.25, 0.3) is 0 Å². The number of ether oxygens (including phenoxy) is 1. The Morgan fingerprint density at radius 1 is 1.22 bits per heavy atom. The van der Waals surface area contributed by atoms with E-state index in [1.807, 2.05) is 30.3 Å². The van der Waals surface area contributed by atoms with Crippen LogP contribution in [0, 0.1) is 22.7 Å². The van der Waals surface area contributed by atoms with Crippen molar-refractivity contribution < 1.29 is 14.6 Å². The van der Waals surface area contributed by atoms with Gasteiger partial charge in [-0.05, 0) is 29.7 Å². The smallest absolute Gasteiger partial charge is 0.224 e. The summed E-state index contributed by atoms with van der Waals surface area (Å²) in [6.07, 6.45) is 1.91. The van der Waals surface area contributed by atoms with Crippen molar-refractivity contribution in [3.8, 4) is 11.8 Å². The number of pyridine rings is 1. The molecule has 0 unspecified atom stereocenters. The van der Waals surface area contributed by atoms with E-state index in [9.17, 15) is 15.2 Å². The quantitative estimate of drug-likeness (QED) is 0.645. The average Bonchev–Trinajstić information content (AvgIpc) is 3.45. The fourth-order valence-corrected chi connectivity index (χ4v) is 6.37. The molecular weight excluding hydrogens is 426 g/mol. The van der Waals surface area contributed by atoms with E-state index in [1.54, 1.807) is 30.3 Å². The zero-order chi connectivity index (χ0) is 22.3. The average molecular weight is 444 g/mol. The van der Waals surface area contributed by atoms with Crippen molar-refractivity contribution in [2.75, 3.05) is 0 Å². The first kappa shape index (κ1) is 19.3. The number of amides is 1. The van der Waals surface area contributed by atoms with Gasteiger partial charge in [0.15, 0.2) is 11.2 Å². The standard InChI is InChI=1S/C25H18ClN3O3/c26-17-10-18-21(29-13-17)24(31)19-11-23(19,22(28)30)20(15-4-2-1-3-5-15)25(24,32-18)16-8-6-14(12-27)7-9-16/h1-10,13,19-20,31H,11H2,(H2,28,30)/t19-,20+,23-,24+,25-/m0/s1. The summed E-state index contributed by atoms with van der Waals surface area (Å²) < 4.78 is 6.62. The van der Waals surface area contributed by atoms with E-state index in [0.717, 1.165) is 5.56 Å². The minimum absolute atomic E-state index is 0.359. The van der Waals surface area contributed by atoms with Gasteiger partial charge in [-0.1, -0.05) is 54.1 Å². The number of fused-ring (bicyclic) bond motifs is 5. The predicted molar refractivity (Wildman–Crippen MR) is 116 cm³/mol. The number of nitriles is 1. The highest BCUT2D eigenvalue weighted by molar-refractivity contribution is 6.30. The van der Waals surface area contributed by atoms with Gasteiger partial charge in [0.05, 0.1) is 22.1 Å². The molecule has 2 aromatic carbocycles. The Morgan fingerprint density at radius 3 is 2.59 bits per heavy atom. The number of benzene rings is 2. The minimum atomic E-state index is -1.60. The van der Waals surface area contributed by atoms with Gasteiger partial charge in [0.25, 0.3) is 0 Å². The Morgan fingerprint density at radius 2 is 1.94 bits per heavy atom. The van der Waals surface area contributed by atoms with Crippen LogP contribution in [-0.2, 0) is 16.0 Å². The zero-order valence-corrected chi connectivity index (χ0v) is 17.6. The molecule has 2 heterocycles. The van der Waals surface area contributed by atoms with Gasteiger partial charge in [-0.25, -0.2) is 0 Å². The number of primary amides is 1. The van der Waals surface area contributed by atoms with E-state index in [0.29, 0.717) is 34.0 Å². The maximum atomic E-state index is 12.9. The number of aliphatic hydroxyl groups is 1. The fraction of sp³-hybridized carbons (Fsp3) is 0.240. The molecule has 2 aliphatic carbocycles. The molecule has 6 rings (SSSR count). The summed E-state index contributed by atoms with van der Waals surface area (Å²) in [6, 6.07) is 20.2. The van der Waals surface area contributed by atoms with Crippen LogP contribution >= 0.6 is 11.6 Å². The lowest BCUT2D eigenvalue weighted by atomic mass is 9.67. The highest BCUT2D eigenvalue weighted by Gasteiger charge is 2.89. The fourth-order valence-electron chi connectivity index (χ4n) is 6.23. The van der Waals surface area contributed by atoms with E-state index in [2.05, 4.69) is 11.1 Å². The Hall–Kier alpha value is -3.40. The number of carbonyl (C=O) groups excluding carboxylic acids is 1. The Labute approximate surface area is 189 Å². The van der Waals surface area contributed by atoms with Crippen molar-refractivity contribution >= 4 is 17.5 Å². The number of carbonyl (C=O) groups is 1. The number of hydrogen-bond acceptors (Lipinski definition) is 5. The van der Waals surface area contributed by atoms with Gasteiger partial charge in [0.1, 0.15) is 11.4 Å². The molecule has 1 amide bonds. The molecule has 7 heteroatoms. The van der Waals surface area contributed by atoms with Crippen LogP contribution in [0.2, 0.25) is 5.02 Å². The SMILES string of the molecule is N#Cc1ccc([C@@]23Oc4cc(Cl)cnc4[C@]2(O)[C@H]2C[C@@]2(C(N)=O)[C@H]3c2ccccc2)cc1. The minimum Gasteiger partial charge on any atom is -0.476 e. The first-order valence-electron chi connectivity index (χ1n) is 10.3. The molecule has 1 aliphatic heterocycles. The first-order chi connectivity index (χ1) is 15.4. The third-order valence-electron chi connectivity index (χ3n) is 7.48. The lowest BCUT2D eigenvalue weighted by molar-refractivity contribution is -0.131. The van der Waals surface area contributed by atoms with Crippen LogP contribution in [0.1, 0.15) is 34.7 Å². The molecule has 158 valence electrons.